The van der Waals surface area contributed by atoms with E-state index in [4.69, 9.17) is 4.74 Å². The van der Waals surface area contributed by atoms with Crippen LogP contribution in [0.2, 0.25) is 0 Å². The highest BCUT2D eigenvalue weighted by atomic mass is 16.5. The van der Waals surface area contributed by atoms with Crippen LogP contribution in [0.3, 0.4) is 0 Å². The molecule has 0 radical (unpaired) electrons. The van der Waals surface area contributed by atoms with E-state index in [0.29, 0.717) is 0 Å². The normalized spacial score (nSPS) is 30.5. The van der Waals surface area contributed by atoms with Gasteiger partial charge in [0.2, 0.25) is 0 Å². The zero-order valence-corrected chi connectivity index (χ0v) is 18.9. The fourth-order valence-electron chi connectivity index (χ4n) is 6.11. The molecule has 1 N–H and O–H groups in total. The van der Waals surface area contributed by atoms with Crippen LogP contribution in [0.5, 0.6) is 5.75 Å². The number of benzene rings is 2. The number of hydrogen-bond donors (Lipinski definition) is 1. The van der Waals surface area contributed by atoms with Gasteiger partial charge < -0.3 is 14.7 Å². The molecule has 0 amide bonds. The number of anilines is 1. The van der Waals surface area contributed by atoms with Gasteiger partial charge in [-0.3, -0.25) is 4.90 Å². The van der Waals surface area contributed by atoms with Gasteiger partial charge in [0.15, 0.2) is 0 Å². The Morgan fingerprint density at radius 2 is 1.97 bits per heavy atom. The van der Waals surface area contributed by atoms with Crippen LogP contribution < -0.4 is 9.64 Å². The first-order chi connectivity index (χ1) is 15.1. The van der Waals surface area contributed by atoms with E-state index >= 15 is 0 Å². The van der Waals surface area contributed by atoms with Gasteiger partial charge in [-0.1, -0.05) is 49.8 Å². The molecule has 4 heterocycles. The van der Waals surface area contributed by atoms with Gasteiger partial charge in [0, 0.05) is 30.9 Å². The first-order valence-electron chi connectivity index (χ1n) is 11.7. The largest absolute Gasteiger partial charge is 0.497 e. The zero-order chi connectivity index (χ0) is 21.5. The quantitative estimate of drug-likeness (QED) is 0.760. The highest BCUT2D eigenvalue weighted by molar-refractivity contribution is 5.84. The lowest BCUT2D eigenvalue weighted by Gasteiger charge is -2.52. The summed E-state index contributed by atoms with van der Waals surface area (Å²) >= 11 is 0. The summed E-state index contributed by atoms with van der Waals surface area (Å²) < 4.78 is 5.54. The van der Waals surface area contributed by atoms with Crippen molar-refractivity contribution in [2.75, 3.05) is 32.1 Å². The Morgan fingerprint density at radius 3 is 2.65 bits per heavy atom. The molecular formula is C27H34N2O2. The molecule has 0 saturated carbocycles. The van der Waals surface area contributed by atoms with E-state index in [1.165, 1.54) is 18.4 Å². The number of piperidine rings is 3. The Balaban J connectivity index is 1.55. The second-order valence-corrected chi connectivity index (χ2v) is 9.43. The molecule has 2 aromatic rings. The molecule has 0 aliphatic carbocycles. The van der Waals surface area contributed by atoms with Gasteiger partial charge >= 0.3 is 0 Å². The van der Waals surface area contributed by atoms with Crippen molar-refractivity contribution < 1.29 is 9.84 Å². The van der Waals surface area contributed by atoms with Gasteiger partial charge in [0.25, 0.3) is 0 Å². The fraction of sp³-hybridized carbons (Fsp3) is 0.481. The summed E-state index contributed by atoms with van der Waals surface area (Å²) in [7, 11) is 3.85. The summed E-state index contributed by atoms with van der Waals surface area (Å²) in [6, 6.07) is 17.1. The van der Waals surface area contributed by atoms with Crippen LogP contribution in [-0.2, 0) is 0 Å². The SMILES string of the molecule is CCC1CN2CCC1CC2C(O)C1=CC(c2ccccc2)N(C)c2ccc(OC)cc21. The molecule has 6 atom stereocenters. The number of aliphatic hydroxyl groups is 1. The van der Waals surface area contributed by atoms with E-state index in [9.17, 15) is 5.11 Å². The summed E-state index contributed by atoms with van der Waals surface area (Å²) in [4.78, 5) is 4.86. The number of methoxy groups -OCH3 is 1. The average molecular weight is 419 g/mol. The summed E-state index contributed by atoms with van der Waals surface area (Å²) in [5, 5.41) is 11.8. The van der Waals surface area contributed by atoms with Crippen molar-refractivity contribution in [3.8, 4) is 5.75 Å². The molecule has 31 heavy (non-hydrogen) atoms. The Labute approximate surface area is 186 Å². The van der Waals surface area contributed by atoms with Crippen molar-refractivity contribution in [1.29, 1.82) is 0 Å². The van der Waals surface area contributed by atoms with E-state index in [2.05, 4.69) is 72.3 Å². The van der Waals surface area contributed by atoms with Gasteiger partial charge in [-0.15, -0.1) is 0 Å². The maximum Gasteiger partial charge on any atom is 0.119 e. The minimum atomic E-state index is -0.494. The molecule has 4 heteroatoms. The molecule has 0 aromatic heterocycles. The van der Waals surface area contributed by atoms with E-state index in [1.54, 1.807) is 7.11 Å². The lowest BCUT2D eigenvalue weighted by atomic mass is 9.72. The fourth-order valence-corrected chi connectivity index (χ4v) is 6.11. The molecule has 3 saturated heterocycles. The molecular weight excluding hydrogens is 384 g/mol. The number of ether oxygens (including phenoxy) is 1. The third-order valence-electron chi connectivity index (χ3n) is 7.93. The molecule has 6 unspecified atom stereocenters. The zero-order valence-electron chi connectivity index (χ0n) is 18.9. The molecule has 0 spiro atoms. The molecule has 4 aliphatic heterocycles. The molecule has 4 nitrogen and oxygen atoms in total. The highest BCUT2D eigenvalue weighted by Gasteiger charge is 2.44. The first kappa shape index (κ1) is 20.6. The predicted molar refractivity (Wildman–Crippen MR) is 126 cm³/mol. The van der Waals surface area contributed by atoms with Crippen molar-refractivity contribution in [3.63, 3.8) is 0 Å². The molecule has 2 bridgehead atoms. The standard InChI is InChI=1S/C27H34N2O2/c1-4-18-17-29-13-12-20(18)14-26(29)27(30)23-16-25(19-8-6-5-7-9-19)28(2)24-11-10-21(31-3)15-22(23)24/h5-11,15-16,18,20,25-27,30H,4,12-14,17H2,1-3H3. The van der Waals surface area contributed by atoms with Gasteiger partial charge in [-0.25, -0.2) is 0 Å². The van der Waals surface area contributed by atoms with Crippen LogP contribution in [0.25, 0.3) is 5.57 Å². The Kier molecular flexibility index (Phi) is 5.53. The number of fused-ring (bicyclic) bond motifs is 4. The van der Waals surface area contributed by atoms with E-state index in [0.717, 1.165) is 53.9 Å². The molecule has 164 valence electrons. The molecule has 4 aliphatic rings. The van der Waals surface area contributed by atoms with Crippen LogP contribution in [0.4, 0.5) is 5.69 Å². The third-order valence-corrected chi connectivity index (χ3v) is 7.93. The minimum absolute atomic E-state index is 0.103. The van der Waals surface area contributed by atoms with Crippen LogP contribution in [0.1, 0.15) is 43.4 Å². The average Bonchev–Trinajstić information content (AvgIpc) is 2.84. The van der Waals surface area contributed by atoms with Gasteiger partial charge in [-0.2, -0.15) is 0 Å². The van der Waals surface area contributed by atoms with Crippen molar-refractivity contribution >= 4 is 11.3 Å². The smallest absolute Gasteiger partial charge is 0.119 e. The summed E-state index contributed by atoms with van der Waals surface area (Å²) in [5.74, 6) is 2.37. The van der Waals surface area contributed by atoms with Crippen molar-refractivity contribution in [1.82, 2.24) is 4.90 Å². The lowest BCUT2D eigenvalue weighted by molar-refractivity contribution is -0.0391. The van der Waals surface area contributed by atoms with Gasteiger partial charge in [0.1, 0.15) is 5.75 Å². The molecule has 6 rings (SSSR count). The van der Waals surface area contributed by atoms with Crippen molar-refractivity contribution in [2.45, 2.75) is 44.4 Å². The number of aliphatic hydroxyl groups excluding tert-OH is 1. The topological polar surface area (TPSA) is 35.9 Å². The van der Waals surface area contributed by atoms with E-state index in [-0.39, 0.29) is 12.1 Å². The summed E-state index contributed by atoms with van der Waals surface area (Å²) in [5.41, 5.74) is 4.53. The van der Waals surface area contributed by atoms with Crippen LogP contribution in [0.15, 0.2) is 54.6 Å². The number of likely N-dealkylation sites (N-methyl/N-ethyl adjacent to an activating group) is 1. The Morgan fingerprint density at radius 1 is 1.16 bits per heavy atom. The first-order valence-corrected chi connectivity index (χ1v) is 11.7. The number of nitrogens with zero attached hydrogens (tertiary/aromatic N) is 2. The molecule has 2 aromatic carbocycles. The molecule has 3 fully saturated rings. The number of hydrogen-bond acceptors (Lipinski definition) is 4. The monoisotopic (exact) mass is 418 g/mol. The van der Waals surface area contributed by atoms with Crippen LogP contribution in [-0.4, -0.2) is 49.4 Å². The third kappa shape index (κ3) is 3.56. The van der Waals surface area contributed by atoms with E-state index < -0.39 is 6.10 Å². The van der Waals surface area contributed by atoms with Crippen LogP contribution >= 0.6 is 0 Å². The predicted octanol–water partition coefficient (Wildman–Crippen LogP) is 4.75. The van der Waals surface area contributed by atoms with Gasteiger partial charge in [-0.05, 0) is 60.6 Å². The Bertz CT molecular complexity index is 957. The maximum atomic E-state index is 11.8. The minimum Gasteiger partial charge on any atom is -0.497 e. The van der Waals surface area contributed by atoms with Gasteiger partial charge in [0.05, 0.1) is 19.3 Å². The number of rotatable bonds is 5. The van der Waals surface area contributed by atoms with Crippen LogP contribution in [0, 0.1) is 11.8 Å². The lowest BCUT2D eigenvalue weighted by Crippen LogP contribution is -2.57. The van der Waals surface area contributed by atoms with Crippen molar-refractivity contribution in [3.05, 3.63) is 65.7 Å². The highest BCUT2D eigenvalue weighted by Crippen LogP contribution is 2.46. The summed E-state index contributed by atoms with van der Waals surface area (Å²) in [6.07, 6.45) is 5.41. The second-order valence-electron chi connectivity index (χ2n) is 9.43. The van der Waals surface area contributed by atoms with Crippen molar-refractivity contribution in [2.24, 2.45) is 11.8 Å². The van der Waals surface area contributed by atoms with E-state index in [1.807, 2.05) is 6.07 Å². The Hall–Kier alpha value is -2.30. The second kappa shape index (κ2) is 8.33. The summed E-state index contributed by atoms with van der Waals surface area (Å²) in [6.45, 7) is 4.55. The maximum absolute atomic E-state index is 11.8.